The maximum atomic E-state index is 10.7. The van der Waals surface area contributed by atoms with Gasteiger partial charge >= 0.3 is 0 Å². The second kappa shape index (κ2) is 4.48. The van der Waals surface area contributed by atoms with Crippen molar-refractivity contribution in [3.8, 4) is 11.8 Å². The van der Waals surface area contributed by atoms with Crippen LogP contribution in [0.5, 0.6) is 0 Å². The average molecular weight is 195 g/mol. The van der Waals surface area contributed by atoms with Crippen molar-refractivity contribution in [3.05, 3.63) is 29.6 Å². The topological polar surface area (TPSA) is 56.0 Å². The summed E-state index contributed by atoms with van der Waals surface area (Å²) in [6.45, 7) is 0. The number of halogens is 1. The highest BCUT2D eigenvalue weighted by Crippen LogP contribution is 1.99. The van der Waals surface area contributed by atoms with E-state index < -0.39 is 5.91 Å². The molecule has 0 aliphatic heterocycles. The van der Waals surface area contributed by atoms with E-state index in [2.05, 4.69) is 16.8 Å². The number of nitrogens with zero attached hydrogens (tertiary/aromatic N) is 1. The number of carbonyl (C=O) groups is 1. The Morgan fingerprint density at radius 1 is 1.62 bits per heavy atom. The largest absolute Gasteiger partial charge is 0.366 e. The van der Waals surface area contributed by atoms with Crippen LogP contribution >= 0.6 is 11.6 Å². The molecule has 0 saturated heterocycles. The molecule has 0 atom stereocenters. The fraction of sp³-hybridized carbons (Fsp3) is 0.111. The molecule has 1 aromatic rings. The number of amides is 1. The SMILES string of the molecule is NC(=O)c1cncc(C#CCCl)c1. The van der Waals surface area contributed by atoms with E-state index in [9.17, 15) is 4.79 Å². The Hall–Kier alpha value is -1.53. The summed E-state index contributed by atoms with van der Waals surface area (Å²) in [5.41, 5.74) is 6.04. The van der Waals surface area contributed by atoms with E-state index in [1.165, 1.54) is 6.20 Å². The highest BCUT2D eigenvalue weighted by molar-refractivity contribution is 6.19. The number of pyridine rings is 1. The van der Waals surface area contributed by atoms with Gasteiger partial charge in [0, 0.05) is 18.0 Å². The fourth-order valence-electron chi connectivity index (χ4n) is 0.779. The first kappa shape index (κ1) is 9.56. The van der Waals surface area contributed by atoms with E-state index in [0.29, 0.717) is 11.1 Å². The molecule has 0 fully saturated rings. The normalized spacial score (nSPS) is 8.69. The van der Waals surface area contributed by atoms with E-state index in [0.717, 1.165) is 0 Å². The second-order valence-electron chi connectivity index (χ2n) is 2.26. The van der Waals surface area contributed by atoms with Crippen LogP contribution in [0, 0.1) is 11.8 Å². The van der Waals surface area contributed by atoms with Crippen molar-refractivity contribution in [2.45, 2.75) is 0 Å². The monoisotopic (exact) mass is 194 g/mol. The summed E-state index contributed by atoms with van der Waals surface area (Å²) in [6, 6.07) is 1.58. The minimum atomic E-state index is -0.512. The first-order valence-corrected chi connectivity index (χ1v) is 4.07. The Labute approximate surface area is 80.9 Å². The maximum Gasteiger partial charge on any atom is 0.250 e. The average Bonchev–Trinajstić information content (AvgIpc) is 2.15. The standard InChI is InChI=1S/C9H7ClN2O/c10-3-1-2-7-4-8(9(11)13)6-12-5-7/h4-6H,3H2,(H2,11,13). The van der Waals surface area contributed by atoms with Crippen LogP contribution in [0.1, 0.15) is 15.9 Å². The smallest absolute Gasteiger partial charge is 0.250 e. The number of hydrogen-bond donors (Lipinski definition) is 1. The van der Waals surface area contributed by atoms with Gasteiger partial charge in [0.25, 0.3) is 0 Å². The van der Waals surface area contributed by atoms with E-state index in [4.69, 9.17) is 17.3 Å². The molecule has 1 heterocycles. The molecule has 0 unspecified atom stereocenters. The molecule has 3 nitrogen and oxygen atoms in total. The molecular weight excluding hydrogens is 188 g/mol. The van der Waals surface area contributed by atoms with Crippen LogP contribution in [0.25, 0.3) is 0 Å². The van der Waals surface area contributed by atoms with Crippen molar-refractivity contribution in [1.29, 1.82) is 0 Å². The van der Waals surface area contributed by atoms with Crippen molar-refractivity contribution in [1.82, 2.24) is 4.98 Å². The molecule has 0 spiro atoms. The van der Waals surface area contributed by atoms with Gasteiger partial charge < -0.3 is 5.73 Å². The first-order chi connectivity index (χ1) is 6.24. The van der Waals surface area contributed by atoms with Crippen molar-refractivity contribution < 1.29 is 4.79 Å². The lowest BCUT2D eigenvalue weighted by atomic mass is 10.2. The molecule has 0 bridgehead atoms. The number of aromatic nitrogens is 1. The molecule has 2 N–H and O–H groups in total. The minimum absolute atomic E-state index is 0.251. The van der Waals surface area contributed by atoms with Crippen LogP contribution in [-0.2, 0) is 0 Å². The lowest BCUT2D eigenvalue weighted by molar-refractivity contribution is 0.1000. The fourth-order valence-corrected chi connectivity index (χ4v) is 0.845. The summed E-state index contributed by atoms with van der Waals surface area (Å²) in [6.07, 6.45) is 2.94. The van der Waals surface area contributed by atoms with Crippen LogP contribution < -0.4 is 5.73 Å². The highest BCUT2D eigenvalue weighted by atomic mass is 35.5. The summed E-state index contributed by atoms with van der Waals surface area (Å²) in [5, 5.41) is 0. The number of alkyl halides is 1. The predicted molar refractivity (Wildman–Crippen MR) is 50.4 cm³/mol. The minimum Gasteiger partial charge on any atom is -0.366 e. The molecule has 0 radical (unpaired) electrons. The number of nitrogens with two attached hydrogens (primary N) is 1. The van der Waals surface area contributed by atoms with Gasteiger partial charge in [0.1, 0.15) is 0 Å². The van der Waals surface area contributed by atoms with Gasteiger partial charge in [-0.05, 0) is 6.07 Å². The van der Waals surface area contributed by atoms with Crippen LogP contribution in [0.4, 0.5) is 0 Å². The molecule has 1 aromatic heterocycles. The zero-order chi connectivity index (χ0) is 9.68. The number of primary amides is 1. The molecule has 1 rings (SSSR count). The van der Waals surface area contributed by atoms with Gasteiger partial charge in [0.15, 0.2) is 0 Å². The van der Waals surface area contributed by atoms with E-state index >= 15 is 0 Å². The summed E-state index contributed by atoms with van der Waals surface area (Å²) in [4.78, 5) is 14.5. The molecule has 0 aliphatic rings. The van der Waals surface area contributed by atoms with Gasteiger partial charge in [-0.1, -0.05) is 11.8 Å². The zero-order valence-electron chi connectivity index (χ0n) is 6.75. The molecule has 13 heavy (non-hydrogen) atoms. The van der Waals surface area contributed by atoms with Gasteiger partial charge in [-0.15, -0.1) is 11.6 Å². The maximum absolute atomic E-state index is 10.7. The number of hydrogen-bond acceptors (Lipinski definition) is 2. The third-order valence-electron chi connectivity index (χ3n) is 1.32. The van der Waals surface area contributed by atoms with Crippen molar-refractivity contribution >= 4 is 17.5 Å². The van der Waals surface area contributed by atoms with Crippen LogP contribution in [0.2, 0.25) is 0 Å². The number of rotatable bonds is 1. The van der Waals surface area contributed by atoms with Gasteiger partial charge in [-0.2, -0.15) is 0 Å². The molecule has 0 aromatic carbocycles. The summed E-state index contributed by atoms with van der Waals surface area (Å²) in [5.74, 6) is 5.13. The van der Waals surface area contributed by atoms with E-state index in [-0.39, 0.29) is 5.88 Å². The van der Waals surface area contributed by atoms with Crippen molar-refractivity contribution in [2.75, 3.05) is 5.88 Å². The lowest BCUT2D eigenvalue weighted by Crippen LogP contribution is -2.11. The third kappa shape index (κ3) is 2.77. The first-order valence-electron chi connectivity index (χ1n) is 3.53. The van der Waals surface area contributed by atoms with Gasteiger partial charge in [0.2, 0.25) is 5.91 Å². The van der Waals surface area contributed by atoms with Gasteiger partial charge in [0.05, 0.1) is 11.4 Å². The van der Waals surface area contributed by atoms with Gasteiger partial charge in [-0.25, -0.2) is 0 Å². The Balaban J connectivity index is 2.98. The lowest BCUT2D eigenvalue weighted by Gasteiger charge is -1.93. The van der Waals surface area contributed by atoms with E-state index in [1.54, 1.807) is 12.3 Å². The van der Waals surface area contributed by atoms with Crippen LogP contribution in [0.3, 0.4) is 0 Å². The molecule has 1 amide bonds. The highest BCUT2D eigenvalue weighted by Gasteiger charge is 1.99. The molecule has 0 aliphatic carbocycles. The molecule has 66 valence electrons. The van der Waals surface area contributed by atoms with Crippen LogP contribution in [0.15, 0.2) is 18.5 Å². The Kier molecular flexibility index (Phi) is 3.30. The zero-order valence-corrected chi connectivity index (χ0v) is 7.51. The van der Waals surface area contributed by atoms with Crippen LogP contribution in [-0.4, -0.2) is 16.8 Å². The Morgan fingerprint density at radius 3 is 3.00 bits per heavy atom. The Morgan fingerprint density at radius 2 is 2.38 bits per heavy atom. The summed E-state index contributed by atoms with van der Waals surface area (Å²) >= 11 is 5.37. The molecular formula is C9H7ClN2O. The predicted octanol–water partition coefficient (Wildman–Crippen LogP) is 0.771. The van der Waals surface area contributed by atoms with Crippen molar-refractivity contribution in [2.24, 2.45) is 5.73 Å². The summed E-state index contributed by atoms with van der Waals surface area (Å²) in [7, 11) is 0. The number of carbonyl (C=O) groups excluding carboxylic acids is 1. The molecule has 0 saturated carbocycles. The molecule has 4 heteroatoms. The summed E-state index contributed by atoms with van der Waals surface area (Å²) < 4.78 is 0. The third-order valence-corrected chi connectivity index (χ3v) is 1.46. The Bertz CT molecular complexity index is 379. The van der Waals surface area contributed by atoms with E-state index in [1.807, 2.05) is 0 Å². The van der Waals surface area contributed by atoms with Crippen molar-refractivity contribution in [3.63, 3.8) is 0 Å². The second-order valence-corrected chi connectivity index (χ2v) is 2.53. The van der Waals surface area contributed by atoms with Gasteiger partial charge in [-0.3, -0.25) is 9.78 Å². The quantitative estimate of drug-likeness (QED) is 0.531.